The van der Waals surface area contributed by atoms with Crippen molar-refractivity contribution in [2.75, 3.05) is 13.2 Å². The van der Waals surface area contributed by atoms with Crippen LogP contribution in [0.5, 0.6) is 0 Å². The third-order valence-electron chi connectivity index (χ3n) is 6.63. The molecule has 1 heterocycles. The Balaban J connectivity index is 1.62. The van der Waals surface area contributed by atoms with Crippen LogP contribution in [0.3, 0.4) is 0 Å². The summed E-state index contributed by atoms with van der Waals surface area (Å²) in [6.07, 6.45) is 3.79. The number of aliphatic carboxylic acids is 1. The second kappa shape index (κ2) is 11.0. The second-order valence-electron chi connectivity index (χ2n) is 8.93. The van der Waals surface area contributed by atoms with Crippen LogP contribution in [-0.2, 0) is 21.4 Å². The molecule has 0 fully saturated rings. The molecule has 0 aliphatic carbocycles. The van der Waals surface area contributed by atoms with E-state index in [-0.39, 0.29) is 18.9 Å². The maximum atomic E-state index is 13.5. The van der Waals surface area contributed by atoms with E-state index < -0.39 is 23.3 Å². The third-order valence-corrected chi connectivity index (χ3v) is 6.63. The highest BCUT2D eigenvalue weighted by Crippen LogP contribution is 2.39. The van der Waals surface area contributed by atoms with E-state index in [2.05, 4.69) is 10.6 Å². The Morgan fingerprint density at radius 1 is 0.914 bits per heavy atom. The molecule has 180 valence electrons. The van der Waals surface area contributed by atoms with Crippen molar-refractivity contribution in [3.63, 3.8) is 0 Å². The van der Waals surface area contributed by atoms with Crippen molar-refractivity contribution in [2.45, 2.75) is 24.3 Å². The van der Waals surface area contributed by atoms with E-state index in [0.29, 0.717) is 13.0 Å². The zero-order valence-electron chi connectivity index (χ0n) is 19.4. The SMILES string of the molecule is O=C(O)C[C@H](C(=O)N[C@H](CO)Cc1ccccc1)C1(c2ccc(-c3ccccc3)cc2)C=CNC1. The topological polar surface area (TPSA) is 98.7 Å². The van der Waals surface area contributed by atoms with Gasteiger partial charge < -0.3 is 20.8 Å². The van der Waals surface area contributed by atoms with Gasteiger partial charge in [0.2, 0.25) is 5.91 Å². The van der Waals surface area contributed by atoms with Crippen molar-refractivity contribution in [1.29, 1.82) is 0 Å². The van der Waals surface area contributed by atoms with Crippen molar-refractivity contribution in [3.8, 4) is 11.1 Å². The average molecular weight is 471 g/mol. The van der Waals surface area contributed by atoms with E-state index in [9.17, 15) is 19.8 Å². The second-order valence-corrected chi connectivity index (χ2v) is 8.93. The molecule has 1 unspecified atom stereocenters. The Morgan fingerprint density at radius 2 is 1.54 bits per heavy atom. The van der Waals surface area contributed by atoms with Gasteiger partial charge in [0, 0.05) is 12.0 Å². The summed E-state index contributed by atoms with van der Waals surface area (Å²) in [5.41, 5.74) is 3.14. The van der Waals surface area contributed by atoms with E-state index in [1.807, 2.05) is 91.0 Å². The first-order valence-corrected chi connectivity index (χ1v) is 11.8. The van der Waals surface area contributed by atoms with Crippen LogP contribution < -0.4 is 10.6 Å². The summed E-state index contributed by atoms with van der Waals surface area (Å²) >= 11 is 0. The summed E-state index contributed by atoms with van der Waals surface area (Å²) in [5, 5.41) is 25.7. The van der Waals surface area contributed by atoms with Gasteiger partial charge >= 0.3 is 5.97 Å². The first-order valence-electron chi connectivity index (χ1n) is 11.8. The number of carboxylic acid groups (broad SMARTS) is 1. The fraction of sp³-hybridized carbons (Fsp3) is 0.241. The molecule has 35 heavy (non-hydrogen) atoms. The molecule has 0 radical (unpaired) electrons. The van der Waals surface area contributed by atoms with Crippen LogP contribution in [-0.4, -0.2) is 41.3 Å². The quantitative estimate of drug-likeness (QED) is 0.363. The Hall–Kier alpha value is -3.90. The number of hydrogen-bond donors (Lipinski definition) is 4. The highest BCUT2D eigenvalue weighted by molar-refractivity contribution is 5.86. The summed E-state index contributed by atoms with van der Waals surface area (Å²) in [6.45, 7) is 0.165. The molecule has 0 aromatic heterocycles. The summed E-state index contributed by atoms with van der Waals surface area (Å²) in [5.74, 6) is -2.30. The van der Waals surface area contributed by atoms with Gasteiger partial charge in [-0.3, -0.25) is 9.59 Å². The summed E-state index contributed by atoms with van der Waals surface area (Å²) in [7, 11) is 0. The number of rotatable bonds is 10. The first-order chi connectivity index (χ1) is 17.0. The van der Waals surface area contributed by atoms with Crippen LogP contribution in [0.15, 0.2) is 97.2 Å². The Labute approximate surface area is 205 Å². The van der Waals surface area contributed by atoms with Gasteiger partial charge in [-0.2, -0.15) is 0 Å². The molecule has 3 atom stereocenters. The van der Waals surface area contributed by atoms with Gasteiger partial charge in [-0.15, -0.1) is 0 Å². The van der Waals surface area contributed by atoms with Crippen LogP contribution in [0, 0.1) is 5.92 Å². The van der Waals surface area contributed by atoms with Gasteiger partial charge in [0.1, 0.15) is 0 Å². The summed E-state index contributed by atoms with van der Waals surface area (Å²) in [4.78, 5) is 25.4. The Morgan fingerprint density at radius 3 is 2.11 bits per heavy atom. The predicted molar refractivity (Wildman–Crippen MR) is 136 cm³/mol. The molecule has 0 spiro atoms. The lowest BCUT2D eigenvalue weighted by Crippen LogP contribution is -2.50. The third kappa shape index (κ3) is 5.61. The number of benzene rings is 3. The smallest absolute Gasteiger partial charge is 0.304 e. The molecule has 1 aliphatic rings. The largest absolute Gasteiger partial charge is 0.481 e. The van der Waals surface area contributed by atoms with E-state index in [1.165, 1.54) is 0 Å². The monoisotopic (exact) mass is 470 g/mol. The van der Waals surface area contributed by atoms with Crippen LogP contribution in [0.2, 0.25) is 0 Å². The molecule has 4 N–H and O–H groups in total. The Kier molecular flexibility index (Phi) is 7.63. The van der Waals surface area contributed by atoms with Gasteiger partial charge in [0.15, 0.2) is 0 Å². The normalized spacial score (nSPS) is 18.4. The lowest BCUT2D eigenvalue weighted by atomic mass is 9.69. The molecule has 3 aromatic carbocycles. The molecule has 4 rings (SSSR count). The molecule has 6 heteroatoms. The van der Waals surface area contributed by atoms with Gasteiger partial charge in [-0.05, 0) is 34.9 Å². The number of aliphatic hydroxyl groups is 1. The van der Waals surface area contributed by atoms with Crippen molar-refractivity contribution >= 4 is 11.9 Å². The van der Waals surface area contributed by atoms with Gasteiger partial charge in [0.05, 0.1) is 25.0 Å². The molecule has 0 saturated heterocycles. The molecule has 1 aliphatic heterocycles. The Bertz CT molecular complexity index is 1160. The molecule has 1 amide bonds. The van der Waals surface area contributed by atoms with E-state index in [1.54, 1.807) is 6.20 Å². The highest BCUT2D eigenvalue weighted by atomic mass is 16.4. The van der Waals surface area contributed by atoms with Crippen LogP contribution >= 0.6 is 0 Å². The zero-order chi connectivity index (χ0) is 24.7. The molecule has 6 nitrogen and oxygen atoms in total. The minimum Gasteiger partial charge on any atom is -0.481 e. The first kappa shape index (κ1) is 24.2. The molecule has 0 saturated carbocycles. The minimum absolute atomic E-state index is 0.243. The number of nitrogens with one attached hydrogen (secondary N) is 2. The highest BCUT2D eigenvalue weighted by Gasteiger charge is 2.45. The summed E-state index contributed by atoms with van der Waals surface area (Å²) in [6, 6.07) is 27.0. The number of carboxylic acids is 1. The molecule has 0 bridgehead atoms. The van der Waals surface area contributed by atoms with E-state index in [4.69, 9.17) is 0 Å². The van der Waals surface area contributed by atoms with Crippen molar-refractivity contribution in [2.24, 2.45) is 5.92 Å². The van der Waals surface area contributed by atoms with E-state index in [0.717, 1.165) is 22.3 Å². The standard InChI is InChI=1S/C29H30N2O4/c32-19-25(17-21-7-3-1-4-8-21)31-28(35)26(18-27(33)34)29(15-16-30-20-29)24-13-11-23(12-14-24)22-9-5-2-6-10-22/h1-16,25-26,30,32H,17-20H2,(H,31,35)(H,33,34)/t25-,26+,29?/m0/s1. The number of amides is 1. The van der Waals surface area contributed by atoms with Gasteiger partial charge in [-0.1, -0.05) is 91.0 Å². The van der Waals surface area contributed by atoms with Crippen LogP contribution in [0.1, 0.15) is 17.5 Å². The van der Waals surface area contributed by atoms with Crippen LogP contribution in [0.4, 0.5) is 0 Å². The molecular formula is C29H30N2O4. The number of carbonyl (C=O) groups is 2. The summed E-state index contributed by atoms with van der Waals surface area (Å²) < 4.78 is 0. The fourth-order valence-corrected chi connectivity index (χ4v) is 4.78. The molecular weight excluding hydrogens is 440 g/mol. The maximum absolute atomic E-state index is 13.5. The predicted octanol–water partition coefficient (Wildman–Crippen LogP) is 3.52. The van der Waals surface area contributed by atoms with Crippen molar-refractivity contribution in [3.05, 3.63) is 108 Å². The maximum Gasteiger partial charge on any atom is 0.304 e. The molecule has 3 aromatic rings. The number of aliphatic hydroxyl groups excluding tert-OH is 1. The van der Waals surface area contributed by atoms with Crippen LogP contribution in [0.25, 0.3) is 11.1 Å². The number of hydrogen-bond acceptors (Lipinski definition) is 4. The van der Waals surface area contributed by atoms with Crippen molar-refractivity contribution < 1.29 is 19.8 Å². The lowest BCUT2D eigenvalue weighted by molar-refractivity contribution is -0.142. The fourth-order valence-electron chi connectivity index (χ4n) is 4.78. The van der Waals surface area contributed by atoms with Gasteiger partial charge in [0.25, 0.3) is 0 Å². The average Bonchev–Trinajstić information content (AvgIpc) is 3.39. The lowest BCUT2D eigenvalue weighted by Gasteiger charge is -2.35. The number of carbonyl (C=O) groups excluding carboxylic acids is 1. The minimum atomic E-state index is -1.05. The van der Waals surface area contributed by atoms with Crippen molar-refractivity contribution in [1.82, 2.24) is 10.6 Å². The zero-order valence-corrected chi connectivity index (χ0v) is 19.4. The van der Waals surface area contributed by atoms with Gasteiger partial charge in [-0.25, -0.2) is 0 Å². The van der Waals surface area contributed by atoms with E-state index >= 15 is 0 Å².